The predicted molar refractivity (Wildman–Crippen MR) is 151 cm³/mol. The zero-order valence-electron chi connectivity index (χ0n) is 23.0. The lowest BCUT2D eigenvalue weighted by molar-refractivity contribution is -0.132. The normalized spacial score (nSPS) is 21.6. The van der Waals surface area contributed by atoms with Crippen LogP contribution in [0.25, 0.3) is 0 Å². The predicted octanol–water partition coefficient (Wildman–Crippen LogP) is 4.81. The van der Waals surface area contributed by atoms with E-state index >= 15 is 0 Å². The molecule has 1 aromatic carbocycles. The number of ether oxygens (including phenoxy) is 1. The third-order valence-corrected chi connectivity index (χ3v) is 7.94. The molecule has 0 spiro atoms. The minimum atomic E-state index is -0.228. The van der Waals surface area contributed by atoms with Gasteiger partial charge in [0.2, 0.25) is 5.91 Å². The van der Waals surface area contributed by atoms with Gasteiger partial charge >= 0.3 is 6.03 Å². The Morgan fingerprint density at radius 3 is 2.58 bits per heavy atom. The minimum absolute atomic E-state index is 0.228. The van der Waals surface area contributed by atoms with E-state index in [4.69, 9.17) is 4.74 Å². The number of methoxy groups -OCH3 is 1. The summed E-state index contributed by atoms with van der Waals surface area (Å²) in [6, 6.07) is 13.0. The number of benzene rings is 1. The van der Waals surface area contributed by atoms with Crippen LogP contribution in [0.2, 0.25) is 0 Å². The van der Waals surface area contributed by atoms with Gasteiger partial charge in [0.1, 0.15) is 11.6 Å². The molecule has 2 N–H and O–H groups in total. The van der Waals surface area contributed by atoms with E-state index in [1.54, 1.807) is 13.2 Å². The summed E-state index contributed by atoms with van der Waals surface area (Å²) < 4.78 is 5.23. The lowest BCUT2D eigenvalue weighted by Gasteiger charge is -2.39. The van der Waals surface area contributed by atoms with Crippen molar-refractivity contribution >= 4 is 23.4 Å². The molecule has 3 unspecified atom stereocenters. The monoisotopic (exact) mass is 519 g/mol. The fraction of sp³-hybridized carbons (Fsp3) is 0.500. The van der Waals surface area contributed by atoms with Crippen molar-refractivity contribution < 1.29 is 14.3 Å². The van der Waals surface area contributed by atoms with Crippen molar-refractivity contribution in [2.75, 3.05) is 50.1 Å². The molecule has 2 aromatic rings. The summed E-state index contributed by atoms with van der Waals surface area (Å²) in [6.07, 6.45) is 5.61. The molecule has 1 saturated heterocycles. The molecular formula is C30H41N5O3. The van der Waals surface area contributed by atoms with E-state index in [1.807, 2.05) is 47.5 Å². The van der Waals surface area contributed by atoms with E-state index in [2.05, 4.69) is 47.4 Å². The van der Waals surface area contributed by atoms with Gasteiger partial charge in [0.15, 0.2) is 0 Å². The van der Waals surface area contributed by atoms with Gasteiger partial charge in [-0.2, -0.15) is 0 Å². The lowest BCUT2D eigenvalue weighted by Crippen LogP contribution is -2.49. The second kappa shape index (κ2) is 12.8. The Morgan fingerprint density at radius 1 is 1.11 bits per heavy atom. The second-order valence-electron chi connectivity index (χ2n) is 10.7. The van der Waals surface area contributed by atoms with Gasteiger partial charge in [-0.15, -0.1) is 0 Å². The van der Waals surface area contributed by atoms with E-state index in [0.29, 0.717) is 36.2 Å². The fourth-order valence-electron chi connectivity index (χ4n) is 5.66. The smallest absolute Gasteiger partial charge is 0.319 e. The lowest BCUT2D eigenvalue weighted by atomic mass is 9.69. The topological polar surface area (TPSA) is 86.8 Å². The SMILES string of the molecule is COc1cccc(NC(=O)NCC2C=C(C)C(CC(=O)N3CCN(c4ccccn4)CC3)CC2C(C)C)c1. The number of carbonyl (C=O) groups excluding carboxylic acids is 2. The van der Waals surface area contributed by atoms with Crippen molar-refractivity contribution in [3.05, 3.63) is 60.3 Å². The number of allylic oxidation sites excluding steroid dienone is 1. The first-order chi connectivity index (χ1) is 18.3. The number of rotatable bonds is 8. The van der Waals surface area contributed by atoms with E-state index in [-0.39, 0.29) is 23.8 Å². The van der Waals surface area contributed by atoms with Gasteiger partial charge < -0.3 is 25.2 Å². The number of nitrogens with zero attached hydrogens (tertiary/aromatic N) is 3. The molecule has 3 atom stereocenters. The first-order valence-corrected chi connectivity index (χ1v) is 13.6. The maximum Gasteiger partial charge on any atom is 0.319 e. The third kappa shape index (κ3) is 7.05. The number of piperazine rings is 1. The number of aromatic nitrogens is 1. The average molecular weight is 520 g/mol. The molecule has 2 aliphatic rings. The number of amides is 3. The van der Waals surface area contributed by atoms with Crippen LogP contribution in [0.15, 0.2) is 60.3 Å². The van der Waals surface area contributed by atoms with Crippen LogP contribution < -0.4 is 20.3 Å². The molecule has 0 radical (unpaired) electrons. The van der Waals surface area contributed by atoms with Crippen molar-refractivity contribution in [3.63, 3.8) is 0 Å². The van der Waals surface area contributed by atoms with Crippen LogP contribution in [0.1, 0.15) is 33.6 Å². The van der Waals surface area contributed by atoms with Crippen LogP contribution >= 0.6 is 0 Å². The van der Waals surface area contributed by atoms with Crippen molar-refractivity contribution in [2.24, 2.45) is 23.7 Å². The average Bonchev–Trinajstić information content (AvgIpc) is 2.93. The van der Waals surface area contributed by atoms with E-state index in [1.165, 1.54) is 5.57 Å². The Hall–Kier alpha value is -3.55. The molecule has 1 aliphatic carbocycles. The standard InChI is InChI=1S/C30H41N5O3/c1-21(2)27-17-23(18-29(36)35-14-12-34(13-15-35)28-10-5-6-11-31-28)22(3)16-24(27)20-32-30(37)33-25-8-7-9-26(19-25)38-4/h5-11,16,19,21,23-24,27H,12-15,17-18,20H2,1-4H3,(H2,32,33,37). The van der Waals surface area contributed by atoms with Crippen LogP contribution in [0.3, 0.4) is 0 Å². The zero-order valence-corrected chi connectivity index (χ0v) is 23.0. The van der Waals surface area contributed by atoms with Crippen LogP contribution in [0.5, 0.6) is 5.75 Å². The molecule has 204 valence electrons. The molecule has 4 rings (SSSR count). The highest BCUT2D eigenvalue weighted by Gasteiger charge is 2.34. The Labute approximate surface area is 226 Å². The van der Waals surface area contributed by atoms with Crippen molar-refractivity contribution in [1.82, 2.24) is 15.2 Å². The first-order valence-electron chi connectivity index (χ1n) is 13.6. The van der Waals surface area contributed by atoms with Crippen LogP contribution in [0.4, 0.5) is 16.3 Å². The van der Waals surface area contributed by atoms with E-state index in [9.17, 15) is 9.59 Å². The number of urea groups is 1. The minimum Gasteiger partial charge on any atom is -0.497 e. The number of hydrogen-bond donors (Lipinski definition) is 2. The summed E-state index contributed by atoms with van der Waals surface area (Å²) in [5, 5.41) is 5.94. The molecule has 0 bridgehead atoms. The van der Waals surface area contributed by atoms with Crippen molar-refractivity contribution in [3.8, 4) is 5.75 Å². The number of hydrogen-bond acceptors (Lipinski definition) is 5. The summed E-state index contributed by atoms with van der Waals surface area (Å²) in [5.74, 6) is 3.23. The van der Waals surface area contributed by atoms with E-state index in [0.717, 1.165) is 38.4 Å². The molecule has 38 heavy (non-hydrogen) atoms. The highest BCUT2D eigenvalue weighted by molar-refractivity contribution is 5.89. The maximum atomic E-state index is 13.2. The van der Waals surface area contributed by atoms with Gasteiger partial charge in [0.05, 0.1) is 7.11 Å². The molecule has 8 heteroatoms. The van der Waals surface area contributed by atoms with Gasteiger partial charge in [0, 0.05) is 57.1 Å². The number of carbonyl (C=O) groups is 2. The summed E-state index contributed by atoms with van der Waals surface area (Å²) in [7, 11) is 1.60. The number of anilines is 2. The highest BCUT2D eigenvalue weighted by Crippen LogP contribution is 2.39. The summed E-state index contributed by atoms with van der Waals surface area (Å²) >= 11 is 0. The Morgan fingerprint density at radius 2 is 1.89 bits per heavy atom. The molecule has 1 aromatic heterocycles. The summed E-state index contributed by atoms with van der Waals surface area (Å²) in [5.41, 5.74) is 1.94. The Balaban J connectivity index is 1.30. The number of pyridine rings is 1. The van der Waals surface area contributed by atoms with Crippen molar-refractivity contribution in [1.29, 1.82) is 0 Å². The molecule has 1 aliphatic heterocycles. The summed E-state index contributed by atoms with van der Waals surface area (Å²) in [4.78, 5) is 34.5. The van der Waals surface area contributed by atoms with Crippen LogP contribution in [0, 0.1) is 23.7 Å². The largest absolute Gasteiger partial charge is 0.497 e. The van der Waals surface area contributed by atoms with Gasteiger partial charge in [-0.1, -0.05) is 37.6 Å². The van der Waals surface area contributed by atoms with Gasteiger partial charge in [-0.3, -0.25) is 4.79 Å². The molecule has 3 amide bonds. The fourth-order valence-corrected chi connectivity index (χ4v) is 5.66. The van der Waals surface area contributed by atoms with Crippen LogP contribution in [-0.2, 0) is 4.79 Å². The quantitative estimate of drug-likeness (QED) is 0.489. The van der Waals surface area contributed by atoms with Gasteiger partial charge in [-0.05, 0) is 61.3 Å². The molecule has 2 heterocycles. The third-order valence-electron chi connectivity index (χ3n) is 7.94. The Bertz CT molecular complexity index is 1110. The van der Waals surface area contributed by atoms with Crippen molar-refractivity contribution in [2.45, 2.75) is 33.6 Å². The number of nitrogens with one attached hydrogen (secondary N) is 2. The second-order valence-corrected chi connectivity index (χ2v) is 10.7. The van der Waals surface area contributed by atoms with Gasteiger partial charge in [0.25, 0.3) is 0 Å². The Kier molecular flexibility index (Phi) is 9.26. The van der Waals surface area contributed by atoms with E-state index < -0.39 is 0 Å². The van der Waals surface area contributed by atoms with Crippen LogP contribution in [-0.4, -0.2) is 61.7 Å². The molecule has 1 fully saturated rings. The molecule has 0 saturated carbocycles. The zero-order chi connectivity index (χ0) is 27.1. The van der Waals surface area contributed by atoms with Gasteiger partial charge in [-0.25, -0.2) is 9.78 Å². The molecule has 8 nitrogen and oxygen atoms in total. The molecular weight excluding hydrogens is 478 g/mol. The maximum absolute atomic E-state index is 13.2. The highest BCUT2D eigenvalue weighted by atomic mass is 16.5. The first kappa shape index (κ1) is 27.5. The summed E-state index contributed by atoms with van der Waals surface area (Å²) in [6.45, 7) is 10.2.